The Kier molecular flexibility index (Phi) is 6.52. The van der Waals surface area contributed by atoms with E-state index in [1.165, 1.54) is 6.92 Å². The van der Waals surface area contributed by atoms with Gasteiger partial charge in [0.15, 0.2) is 6.10 Å². The summed E-state index contributed by atoms with van der Waals surface area (Å²) in [7, 11) is 1.58. The van der Waals surface area contributed by atoms with Crippen LogP contribution in [0, 0.1) is 0 Å². The zero-order valence-corrected chi connectivity index (χ0v) is 15.0. The van der Waals surface area contributed by atoms with E-state index < -0.39 is 18.0 Å². The largest absolute Gasteiger partial charge is 0.449 e. The van der Waals surface area contributed by atoms with Crippen molar-refractivity contribution < 1.29 is 19.1 Å². The van der Waals surface area contributed by atoms with Crippen molar-refractivity contribution in [2.24, 2.45) is 0 Å². The standard InChI is InChI=1S/C18H18BrNO4/c1-12(17(21)20-16-8-6-15(19)7-9-16)24-18(22)14-5-3-4-13(10-14)11-23-2/h3-10,12H,11H2,1-2H3,(H,20,21)/t12-/m0/s1. The summed E-state index contributed by atoms with van der Waals surface area (Å²) in [4.78, 5) is 24.3. The molecular formula is C18H18BrNO4. The van der Waals surface area contributed by atoms with Crippen molar-refractivity contribution in [1.82, 2.24) is 0 Å². The van der Waals surface area contributed by atoms with Crippen molar-refractivity contribution >= 4 is 33.5 Å². The fourth-order valence-corrected chi connectivity index (χ4v) is 2.28. The van der Waals surface area contributed by atoms with Gasteiger partial charge in [-0.2, -0.15) is 0 Å². The SMILES string of the molecule is COCc1cccc(C(=O)O[C@@H](C)C(=O)Nc2ccc(Br)cc2)c1. The van der Waals surface area contributed by atoms with Crippen LogP contribution in [0.3, 0.4) is 0 Å². The Morgan fingerprint density at radius 2 is 1.88 bits per heavy atom. The number of hydrogen-bond acceptors (Lipinski definition) is 4. The number of benzene rings is 2. The first-order valence-corrected chi connectivity index (χ1v) is 8.14. The van der Waals surface area contributed by atoms with Crippen molar-refractivity contribution in [3.8, 4) is 0 Å². The molecule has 2 aromatic carbocycles. The van der Waals surface area contributed by atoms with Crippen molar-refractivity contribution in [2.45, 2.75) is 19.6 Å². The van der Waals surface area contributed by atoms with E-state index in [-0.39, 0.29) is 0 Å². The Morgan fingerprint density at radius 1 is 1.17 bits per heavy atom. The van der Waals surface area contributed by atoms with Gasteiger partial charge in [-0.25, -0.2) is 4.79 Å². The number of amides is 1. The Balaban J connectivity index is 1.96. The molecule has 5 nitrogen and oxygen atoms in total. The van der Waals surface area contributed by atoms with E-state index in [0.29, 0.717) is 17.9 Å². The van der Waals surface area contributed by atoms with Crippen LogP contribution >= 0.6 is 15.9 Å². The van der Waals surface area contributed by atoms with Gasteiger partial charge in [0, 0.05) is 17.3 Å². The number of ether oxygens (including phenoxy) is 2. The average Bonchev–Trinajstić information content (AvgIpc) is 2.57. The lowest BCUT2D eigenvalue weighted by Crippen LogP contribution is -2.30. The van der Waals surface area contributed by atoms with E-state index in [1.54, 1.807) is 37.4 Å². The van der Waals surface area contributed by atoms with Gasteiger partial charge in [-0.3, -0.25) is 4.79 Å². The smallest absolute Gasteiger partial charge is 0.338 e. The molecule has 0 saturated heterocycles. The monoisotopic (exact) mass is 391 g/mol. The fourth-order valence-electron chi connectivity index (χ4n) is 2.01. The number of hydrogen-bond donors (Lipinski definition) is 1. The molecule has 0 aliphatic heterocycles. The summed E-state index contributed by atoms with van der Waals surface area (Å²) in [6.45, 7) is 1.94. The number of anilines is 1. The Labute approximate surface area is 149 Å². The number of nitrogens with one attached hydrogen (secondary N) is 1. The van der Waals surface area contributed by atoms with Crippen LogP contribution in [0.1, 0.15) is 22.8 Å². The quantitative estimate of drug-likeness (QED) is 0.760. The Bertz CT molecular complexity index is 715. The first-order valence-electron chi connectivity index (χ1n) is 7.35. The number of methoxy groups -OCH3 is 1. The van der Waals surface area contributed by atoms with Gasteiger partial charge < -0.3 is 14.8 Å². The van der Waals surface area contributed by atoms with E-state index in [1.807, 2.05) is 18.2 Å². The van der Waals surface area contributed by atoms with Gasteiger partial charge in [0.2, 0.25) is 0 Å². The van der Waals surface area contributed by atoms with Gasteiger partial charge in [-0.05, 0) is 48.9 Å². The molecule has 0 aliphatic carbocycles. The van der Waals surface area contributed by atoms with Crippen molar-refractivity contribution in [3.63, 3.8) is 0 Å². The number of carbonyl (C=O) groups is 2. The van der Waals surface area contributed by atoms with Crippen molar-refractivity contribution in [3.05, 3.63) is 64.1 Å². The third-order valence-corrected chi connectivity index (χ3v) is 3.77. The predicted octanol–water partition coefficient (Wildman–Crippen LogP) is 3.78. The highest BCUT2D eigenvalue weighted by Gasteiger charge is 2.19. The molecule has 2 rings (SSSR count). The first kappa shape index (κ1) is 18.2. The van der Waals surface area contributed by atoms with E-state index in [4.69, 9.17) is 9.47 Å². The number of halogens is 1. The fraction of sp³-hybridized carbons (Fsp3) is 0.222. The van der Waals surface area contributed by atoms with E-state index in [9.17, 15) is 9.59 Å². The second kappa shape index (κ2) is 8.61. The van der Waals surface area contributed by atoms with Crippen LogP contribution in [-0.4, -0.2) is 25.1 Å². The van der Waals surface area contributed by atoms with Gasteiger partial charge in [0.05, 0.1) is 12.2 Å². The van der Waals surface area contributed by atoms with Gasteiger partial charge in [0.1, 0.15) is 0 Å². The molecule has 0 heterocycles. The predicted molar refractivity (Wildman–Crippen MR) is 94.8 cm³/mol. The molecule has 1 amide bonds. The van der Waals surface area contributed by atoms with Gasteiger partial charge >= 0.3 is 5.97 Å². The maximum absolute atomic E-state index is 12.2. The molecule has 0 unspecified atom stereocenters. The zero-order valence-electron chi connectivity index (χ0n) is 13.4. The molecule has 0 radical (unpaired) electrons. The summed E-state index contributed by atoms with van der Waals surface area (Å²) in [6, 6.07) is 14.1. The molecule has 0 fully saturated rings. The third kappa shape index (κ3) is 5.18. The summed E-state index contributed by atoms with van der Waals surface area (Å²) in [6.07, 6.45) is -0.910. The maximum atomic E-state index is 12.2. The van der Waals surface area contributed by atoms with Crippen LogP contribution in [0.5, 0.6) is 0 Å². The van der Waals surface area contributed by atoms with E-state index in [2.05, 4.69) is 21.2 Å². The highest BCUT2D eigenvalue weighted by molar-refractivity contribution is 9.10. The Morgan fingerprint density at radius 3 is 2.54 bits per heavy atom. The molecule has 6 heteroatoms. The number of esters is 1. The second-order valence-corrected chi connectivity index (χ2v) is 6.09. The first-order chi connectivity index (χ1) is 11.5. The molecular weight excluding hydrogens is 374 g/mol. The van der Waals surface area contributed by atoms with E-state index >= 15 is 0 Å². The summed E-state index contributed by atoms with van der Waals surface area (Å²) in [5.74, 6) is -0.940. The lowest BCUT2D eigenvalue weighted by atomic mass is 10.1. The topological polar surface area (TPSA) is 64.6 Å². The molecule has 126 valence electrons. The summed E-state index contributed by atoms with van der Waals surface area (Å²) >= 11 is 3.33. The number of carbonyl (C=O) groups excluding carboxylic acids is 2. The van der Waals surface area contributed by atoms with Crippen LogP contribution in [0.4, 0.5) is 5.69 Å². The van der Waals surface area contributed by atoms with Crippen molar-refractivity contribution in [1.29, 1.82) is 0 Å². The third-order valence-electron chi connectivity index (χ3n) is 3.24. The summed E-state index contributed by atoms with van der Waals surface area (Å²) < 4.78 is 11.2. The second-order valence-electron chi connectivity index (χ2n) is 5.18. The Hall–Kier alpha value is -2.18. The molecule has 0 aromatic heterocycles. The molecule has 0 aliphatic rings. The van der Waals surface area contributed by atoms with E-state index in [0.717, 1.165) is 10.0 Å². The highest BCUT2D eigenvalue weighted by Crippen LogP contribution is 2.15. The van der Waals surface area contributed by atoms with Crippen LogP contribution < -0.4 is 5.32 Å². The van der Waals surface area contributed by atoms with Crippen molar-refractivity contribution in [2.75, 3.05) is 12.4 Å². The molecule has 0 bridgehead atoms. The zero-order chi connectivity index (χ0) is 17.5. The van der Waals surface area contributed by atoms with Crippen LogP contribution in [0.15, 0.2) is 53.0 Å². The van der Waals surface area contributed by atoms with Gasteiger partial charge in [-0.15, -0.1) is 0 Å². The van der Waals surface area contributed by atoms with Crippen LogP contribution in [0.25, 0.3) is 0 Å². The maximum Gasteiger partial charge on any atom is 0.338 e. The summed E-state index contributed by atoms with van der Waals surface area (Å²) in [5, 5.41) is 2.70. The van der Waals surface area contributed by atoms with Crippen LogP contribution in [0.2, 0.25) is 0 Å². The molecule has 0 spiro atoms. The molecule has 0 saturated carbocycles. The minimum Gasteiger partial charge on any atom is -0.449 e. The number of rotatable bonds is 6. The highest BCUT2D eigenvalue weighted by atomic mass is 79.9. The minimum atomic E-state index is -0.910. The van der Waals surface area contributed by atoms with Gasteiger partial charge in [0.25, 0.3) is 5.91 Å². The normalized spacial score (nSPS) is 11.6. The average molecular weight is 392 g/mol. The molecule has 2 aromatic rings. The van der Waals surface area contributed by atoms with Crippen LogP contribution in [-0.2, 0) is 20.9 Å². The van der Waals surface area contributed by atoms with Gasteiger partial charge in [-0.1, -0.05) is 28.1 Å². The molecule has 1 atom stereocenters. The molecule has 24 heavy (non-hydrogen) atoms. The summed E-state index contributed by atoms with van der Waals surface area (Å²) in [5.41, 5.74) is 1.87. The molecule has 1 N–H and O–H groups in total. The lowest BCUT2D eigenvalue weighted by Gasteiger charge is -2.14. The minimum absolute atomic E-state index is 0.382. The lowest BCUT2D eigenvalue weighted by molar-refractivity contribution is -0.123.